The van der Waals surface area contributed by atoms with Crippen LogP contribution in [0.25, 0.3) is 0 Å². The molecule has 1 saturated heterocycles. The Kier molecular flexibility index (Phi) is 3.57. The highest BCUT2D eigenvalue weighted by Crippen LogP contribution is 2.17. The quantitative estimate of drug-likeness (QED) is 0.829. The van der Waals surface area contributed by atoms with Crippen LogP contribution in [0.1, 0.15) is 18.5 Å². The van der Waals surface area contributed by atoms with E-state index in [1.54, 1.807) is 0 Å². The lowest BCUT2D eigenvalue weighted by Crippen LogP contribution is -2.32. The molecule has 0 unspecified atom stereocenters. The predicted octanol–water partition coefficient (Wildman–Crippen LogP) is 1.52. The van der Waals surface area contributed by atoms with Gasteiger partial charge in [-0.05, 0) is 24.3 Å². The van der Waals surface area contributed by atoms with Crippen molar-refractivity contribution in [3.05, 3.63) is 11.9 Å². The molecule has 2 heterocycles. The predicted molar refractivity (Wildman–Crippen MR) is 57.1 cm³/mol. The Morgan fingerprint density at radius 1 is 1.46 bits per heavy atom. The number of nitrogens with one attached hydrogen (secondary N) is 1. The number of rotatable bonds is 3. The molecular weight excluding hydrogens is 202 g/mol. The van der Waals surface area contributed by atoms with Crippen LogP contribution in [0.2, 0.25) is 0 Å². The Morgan fingerprint density at radius 3 is 3.00 bits per heavy atom. The maximum atomic E-state index is 4.16. The lowest BCUT2D eigenvalue weighted by molar-refractivity contribution is 0.479. The van der Waals surface area contributed by atoms with Gasteiger partial charge in [0.2, 0.25) is 0 Å². The fourth-order valence-corrected chi connectivity index (χ4v) is 2.95. The van der Waals surface area contributed by atoms with E-state index < -0.39 is 0 Å². The number of aromatic nitrogens is 2. The van der Waals surface area contributed by atoms with E-state index in [-0.39, 0.29) is 0 Å². The van der Waals surface area contributed by atoms with Crippen molar-refractivity contribution in [2.45, 2.75) is 25.4 Å². The molecule has 0 bridgehead atoms. The van der Waals surface area contributed by atoms with Crippen molar-refractivity contribution in [1.82, 2.24) is 14.1 Å². The summed E-state index contributed by atoms with van der Waals surface area (Å²) in [7, 11) is 0. The average molecular weight is 215 g/mol. The maximum Gasteiger partial charge on any atom is 0.0880 e. The molecule has 1 N–H and O–H groups in total. The van der Waals surface area contributed by atoms with Crippen LogP contribution in [0.15, 0.2) is 6.20 Å². The van der Waals surface area contributed by atoms with E-state index in [0.29, 0.717) is 6.04 Å². The third-order valence-corrected chi connectivity index (χ3v) is 3.76. The van der Waals surface area contributed by atoms with E-state index in [0.717, 1.165) is 12.2 Å². The van der Waals surface area contributed by atoms with Crippen LogP contribution in [0, 0.1) is 0 Å². The van der Waals surface area contributed by atoms with Crippen LogP contribution in [0.4, 0.5) is 0 Å². The molecule has 1 fully saturated rings. The van der Waals surface area contributed by atoms with E-state index in [2.05, 4.69) is 25.8 Å². The average Bonchev–Trinajstić information content (AvgIpc) is 2.69. The summed E-state index contributed by atoms with van der Waals surface area (Å²) in [5.41, 5.74) is 1.07. The molecule has 72 valence electrons. The topological polar surface area (TPSA) is 37.8 Å². The molecular formula is C8H13N3S2. The Labute approximate surface area is 86.7 Å². The second kappa shape index (κ2) is 4.93. The first-order valence-electron chi connectivity index (χ1n) is 4.53. The molecule has 1 aliphatic rings. The minimum atomic E-state index is 0.697. The van der Waals surface area contributed by atoms with E-state index >= 15 is 0 Å². The maximum absolute atomic E-state index is 4.16. The van der Waals surface area contributed by atoms with Gasteiger partial charge < -0.3 is 5.32 Å². The second-order valence-corrected chi connectivity index (χ2v) is 4.95. The van der Waals surface area contributed by atoms with Gasteiger partial charge in [0.05, 0.1) is 23.6 Å². The zero-order chi connectivity index (χ0) is 8.93. The highest BCUT2D eigenvalue weighted by molar-refractivity contribution is 7.99. The standard InChI is InChI=1S/C8H13N3S2/c1-3-12-4-2-7(1)9-5-8-6-10-13-11-8/h6-7,9H,1-5H2. The lowest BCUT2D eigenvalue weighted by atomic mass is 10.1. The third-order valence-electron chi connectivity index (χ3n) is 2.20. The fourth-order valence-electron chi connectivity index (χ4n) is 1.41. The molecule has 0 atom stereocenters. The summed E-state index contributed by atoms with van der Waals surface area (Å²) < 4.78 is 8.14. The van der Waals surface area contributed by atoms with Crippen LogP contribution in [-0.4, -0.2) is 26.3 Å². The van der Waals surface area contributed by atoms with Gasteiger partial charge >= 0.3 is 0 Å². The Morgan fingerprint density at radius 2 is 2.31 bits per heavy atom. The number of thioether (sulfide) groups is 1. The van der Waals surface area contributed by atoms with Crippen molar-refractivity contribution in [1.29, 1.82) is 0 Å². The Hall–Kier alpha value is -0.130. The summed E-state index contributed by atoms with van der Waals surface area (Å²) in [5, 5.41) is 3.51. The number of hydrogen-bond acceptors (Lipinski definition) is 5. The first kappa shape index (κ1) is 9.43. The highest BCUT2D eigenvalue weighted by Gasteiger charge is 2.12. The summed E-state index contributed by atoms with van der Waals surface area (Å²) in [6, 6.07) is 0.697. The molecule has 0 saturated carbocycles. The summed E-state index contributed by atoms with van der Waals surface area (Å²) in [6.07, 6.45) is 4.43. The SMILES string of the molecule is c1nsnc1CNC1CCSCC1. The van der Waals surface area contributed by atoms with Crippen molar-refractivity contribution < 1.29 is 0 Å². The Bertz CT molecular complexity index is 232. The smallest absolute Gasteiger partial charge is 0.0880 e. The van der Waals surface area contributed by atoms with Crippen LogP contribution in [-0.2, 0) is 6.54 Å². The van der Waals surface area contributed by atoms with E-state index in [9.17, 15) is 0 Å². The van der Waals surface area contributed by atoms with Gasteiger partial charge in [-0.25, -0.2) is 0 Å². The van der Waals surface area contributed by atoms with Gasteiger partial charge in [0.1, 0.15) is 0 Å². The number of nitrogens with zero attached hydrogens (tertiary/aromatic N) is 2. The van der Waals surface area contributed by atoms with Gasteiger partial charge in [-0.15, -0.1) is 0 Å². The lowest BCUT2D eigenvalue weighted by Gasteiger charge is -2.21. The van der Waals surface area contributed by atoms with Crippen LogP contribution >= 0.6 is 23.5 Å². The van der Waals surface area contributed by atoms with Crippen LogP contribution < -0.4 is 5.32 Å². The van der Waals surface area contributed by atoms with Crippen molar-refractivity contribution >= 4 is 23.5 Å². The van der Waals surface area contributed by atoms with Gasteiger partial charge in [-0.2, -0.15) is 20.5 Å². The van der Waals surface area contributed by atoms with Crippen LogP contribution in [0.3, 0.4) is 0 Å². The zero-order valence-electron chi connectivity index (χ0n) is 7.40. The fraction of sp³-hybridized carbons (Fsp3) is 0.750. The molecule has 0 radical (unpaired) electrons. The molecule has 5 heteroatoms. The summed E-state index contributed by atoms with van der Waals surface area (Å²) in [4.78, 5) is 0. The van der Waals surface area contributed by atoms with Gasteiger partial charge in [0.25, 0.3) is 0 Å². The second-order valence-electron chi connectivity index (χ2n) is 3.17. The molecule has 0 amide bonds. The molecule has 0 aromatic carbocycles. The molecule has 3 nitrogen and oxygen atoms in total. The number of hydrogen-bond donors (Lipinski definition) is 1. The summed E-state index contributed by atoms with van der Waals surface area (Å²) in [5.74, 6) is 2.60. The largest absolute Gasteiger partial charge is 0.308 e. The minimum absolute atomic E-state index is 0.697. The van der Waals surface area contributed by atoms with Crippen LogP contribution in [0.5, 0.6) is 0 Å². The van der Waals surface area contributed by atoms with Crippen molar-refractivity contribution in [2.24, 2.45) is 0 Å². The van der Waals surface area contributed by atoms with Crippen molar-refractivity contribution in [3.8, 4) is 0 Å². The summed E-state index contributed by atoms with van der Waals surface area (Å²) in [6.45, 7) is 0.881. The zero-order valence-corrected chi connectivity index (χ0v) is 9.03. The van der Waals surface area contributed by atoms with Crippen molar-refractivity contribution in [2.75, 3.05) is 11.5 Å². The van der Waals surface area contributed by atoms with Gasteiger partial charge in [0, 0.05) is 12.6 Å². The molecule has 1 aromatic rings. The molecule has 2 rings (SSSR count). The molecule has 0 spiro atoms. The van der Waals surface area contributed by atoms with E-state index in [4.69, 9.17) is 0 Å². The highest BCUT2D eigenvalue weighted by atomic mass is 32.2. The van der Waals surface area contributed by atoms with Gasteiger partial charge in [-0.1, -0.05) is 0 Å². The molecule has 1 aliphatic heterocycles. The molecule has 13 heavy (non-hydrogen) atoms. The molecule has 0 aliphatic carbocycles. The normalized spacial score (nSPS) is 19.1. The van der Waals surface area contributed by atoms with E-state index in [1.807, 2.05) is 6.20 Å². The monoisotopic (exact) mass is 215 g/mol. The molecule has 1 aromatic heterocycles. The third kappa shape index (κ3) is 2.93. The first-order chi connectivity index (χ1) is 6.45. The van der Waals surface area contributed by atoms with E-state index in [1.165, 1.54) is 36.1 Å². The Balaban J connectivity index is 1.72. The first-order valence-corrected chi connectivity index (χ1v) is 6.41. The summed E-state index contributed by atoms with van der Waals surface area (Å²) >= 11 is 3.34. The van der Waals surface area contributed by atoms with Gasteiger partial charge in [-0.3, -0.25) is 0 Å². The van der Waals surface area contributed by atoms with Gasteiger partial charge in [0.15, 0.2) is 0 Å². The van der Waals surface area contributed by atoms with Crippen molar-refractivity contribution in [3.63, 3.8) is 0 Å². The minimum Gasteiger partial charge on any atom is -0.308 e.